The van der Waals surface area contributed by atoms with Gasteiger partial charge in [-0.3, -0.25) is 24.0 Å². The molecule has 0 bridgehead atoms. The third-order valence-electron chi connectivity index (χ3n) is 6.84. The molecule has 192 valence electrons. The third kappa shape index (κ3) is 7.44. The summed E-state index contributed by atoms with van der Waals surface area (Å²) < 4.78 is 3.11. The molecule has 1 fully saturated rings. The molecule has 1 aliphatic rings. The molecule has 0 aliphatic carbocycles. The Kier molecular flexibility index (Phi) is 9.93. The number of aryl methyl sites for hydroxylation is 2. The van der Waals surface area contributed by atoms with Crippen LogP contribution in [0.5, 0.6) is 0 Å². The van der Waals surface area contributed by atoms with E-state index in [4.69, 9.17) is 5.11 Å². The summed E-state index contributed by atoms with van der Waals surface area (Å²) in [5, 5.41) is 13.3. The van der Waals surface area contributed by atoms with Crippen molar-refractivity contribution in [3.05, 3.63) is 34.2 Å². The predicted octanol–water partition coefficient (Wildman–Crippen LogP) is 4.03. The fourth-order valence-electron chi connectivity index (χ4n) is 4.86. The van der Waals surface area contributed by atoms with Gasteiger partial charge in [0, 0.05) is 20.0 Å². The molecular formula is C26H38N4O5. The maximum atomic E-state index is 12.9. The Morgan fingerprint density at radius 2 is 1.60 bits per heavy atom. The van der Waals surface area contributed by atoms with Gasteiger partial charge in [0.05, 0.1) is 11.0 Å². The summed E-state index contributed by atoms with van der Waals surface area (Å²) in [6.45, 7) is 0.546. The minimum absolute atomic E-state index is 0.233. The van der Waals surface area contributed by atoms with Gasteiger partial charge in [-0.15, -0.1) is 0 Å². The monoisotopic (exact) mass is 486 g/mol. The lowest BCUT2D eigenvalue weighted by atomic mass is 10.0. The van der Waals surface area contributed by atoms with E-state index in [0.29, 0.717) is 13.0 Å². The summed E-state index contributed by atoms with van der Waals surface area (Å²) >= 11 is 0. The minimum atomic E-state index is -0.944. The van der Waals surface area contributed by atoms with Crippen molar-refractivity contribution in [1.82, 2.24) is 19.8 Å². The number of imide groups is 1. The first kappa shape index (κ1) is 26.5. The molecule has 0 radical (unpaired) electrons. The normalized spacial score (nSPS) is 16.0. The molecule has 1 aromatic heterocycles. The van der Waals surface area contributed by atoms with E-state index in [1.54, 1.807) is 11.6 Å². The number of piperidine rings is 1. The summed E-state index contributed by atoms with van der Waals surface area (Å²) in [6, 6.07) is 5.36. The van der Waals surface area contributed by atoms with Crippen LogP contribution in [-0.4, -0.2) is 38.7 Å². The zero-order valence-electron chi connectivity index (χ0n) is 20.7. The van der Waals surface area contributed by atoms with Gasteiger partial charge < -0.3 is 10.4 Å². The van der Waals surface area contributed by atoms with Crippen LogP contribution in [0, 0.1) is 0 Å². The Hall–Kier alpha value is -3.10. The minimum Gasteiger partial charge on any atom is -0.465 e. The van der Waals surface area contributed by atoms with Crippen LogP contribution < -0.4 is 16.3 Å². The highest BCUT2D eigenvalue weighted by molar-refractivity contribution is 6.00. The quantitative estimate of drug-likeness (QED) is 0.275. The Bertz CT molecular complexity index is 1090. The number of fused-ring (bicyclic) bond motifs is 1. The first-order valence-electron chi connectivity index (χ1n) is 12.9. The van der Waals surface area contributed by atoms with Crippen molar-refractivity contribution in [3.8, 4) is 0 Å². The van der Waals surface area contributed by atoms with Gasteiger partial charge >= 0.3 is 11.8 Å². The first-order chi connectivity index (χ1) is 16.9. The van der Waals surface area contributed by atoms with Crippen molar-refractivity contribution in [3.63, 3.8) is 0 Å². The maximum Gasteiger partial charge on any atom is 0.404 e. The summed E-state index contributed by atoms with van der Waals surface area (Å²) in [7, 11) is 1.73. The number of nitrogens with zero attached hydrogens (tertiary/aromatic N) is 2. The molecule has 9 nitrogen and oxygen atoms in total. The van der Waals surface area contributed by atoms with Gasteiger partial charge in [-0.1, -0.05) is 57.4 Å². The fourth-order valence-corrected chi connectivity index (χ4v) is 4.86. The van der Waals surface area contributed by atoms with E-state index in [1.807, 2.05) is 18.2 Å². The lowest BCUT2D eigenvalue weighted by Crippen LogP contribution is -2.44. The van der Waals surface area contributed by atoms with Gasteiger partial charge in [0.2, 0.25) is 11.8 Å². The molecular weight excluding hydrogens is 448 g/mol. The Labute approximate surface area is 205 Å². The number of benzene rings is 1. The molecule has 9 heteroatoms. The Morgan fingerprint density at radius 1 is 0.971 bits per heavy atom. The summed E-state index contributed by atoms with van der Waals surface area (Å²) in [5.74, 6) is -0.697. The maximum absolute atomic E-state index is 12.9. The molecule has 35 heavy (non-hydrogen) atoms. The number of carbonyl (C=O) groups excluding carboxylic acids is 2. The molecule has 1 aromatic carbocycles. The van der Waals surface area contributed by atoms with Gasteiger partial charge in [0.15, 0.2) is 0 Å². The second-order valence-corrected chi connectivity index (χ2v) is 9.52. The van der Waals surface area contributed by atoms with Crippen molar-refractivity contribution < 1.29 is 19.5 Å². The molecule has 3 rings (SSSR count). The number of carbonyl (C=O) groups is 3. The van der Waals surface area contributed by atoms with Crippen molar-refractivity contribution in [2.45, 2.75) is 89.5 Å². The highest BCUT2D eigenvalue weighted by Crippen LogP contribution is 2.24. The van der Waals surface area contributed by atoms with E-state index in [1.165, 1.54) is 48.7 Å². The van der Waals surface area contributed by atoms with Crippen molar-refractivity contribution in [1.29, 1.82) is 0 Å². The van der Waals surface area contributed by atoms with Crippen LogP contribution in [-0.2, 0) is 23.1 Å². The molecule has 1 atom stereocenters. The molecule has 0 spiro atoms. The molecule has 3 N–H and O–H groups in total. The summed E-state index contributed by atoms with van der Waals surface area (Å²) in [4.78, 5) is 47.0. The molecule has 3 amide bonds. The van der Waals surface area contributed by atoms with E-state index < -0.39 is 18.0 Å². The SMILES string of the molecule is Cn1c(=O)n(C2CCC(=O)NC2=O)c2ccc(CCCCCCCCCCCCNC(=O)O)cc21. The smallest absolute Gasteiger partial charge is 0.404 e. The fraction of sp³-hybridized carbons (Fsp3) is 0.615. The summed E-state index contributed by atoms with van der Waals surface area (Å²) in [6.07, 6.45) is 12.2. The summed E-state index contributed by atoms with van der Waals surface area (Å²) in [5.41, 5.74) is 2.50. The van der Waals surface area contributed by atoms with Crippen LogP contribution in [0.25, 0.3) is 11.0 Å². The second-order valence-electron chi connectivity index (χ2n) is 9.52. The van der Waals surface area contributed by atoms with Crippen LogP contribution >= 0.6 is 0 Å². The molecule has 1 aliphatic heterocycles. The third-order valence-corrected chi connectivity index (χ3v) is 6.84. The van der Waals surface area contributed by atoms with Crippen LogP contribution in [0.4, 0.5) is 4.79 Å². The van der Waals surface area contributed by atoms with E-state index in [0.717, 1.165) is 43.1 Å². The first-order valence-corrected chi connectivity index (χ1v) is 12.9. The number of hydrogen-bond acceptors (Lipinski definition) is 4. The largest absolute Gasteiger partial charge is 0.465 e. The van der Waals surface area contributed by atoms with Gasteiger partial charge in [-0.25, -0.2) is 9.59 Å². The van der Waals surface area contributed by atoms with Crippen molar-refractivity contribution in [2.24, 2.45) is 7.05 Å². The van der Waals surface area contributed by atoms with E-state index in [9.17, 15) is 19.2 Å². The number of hydrogen-bond donors (Lipinski definition) is 3. The van der Waals surface area contributed by atoms with E-state index in [2.05, 4.69) is 10.6 Å². The number of unbranched alkanes of at least 4 members (excludes halogenated alkanes) is 9. The molecule has 2 heterocycles. The zero-order valence-corrected chi connectivity index (χ0v) is 20.7. The van der Waals surface area contributed by atoms with E-state index in [-0.39, 0.29) is 18.0 Å². The van der Waals surface area contributed by atoms with Crippen LogP contribution in [0.1, 0.15) is 88.7 Å². The van der Waals surface area contributed by atoms with Crippen LogP contribution in [0.15, 0.2) is 23.0 Å². The lowest BCUT2D eigenvalue weighted by Gasteiger charge is -2.21. The number of nitrogens with one attached hydrogen (secondary N) is 2. The molecule has 1 saturated heterocycles. The molecule has 1 unspecified atom stereocenters. The zero-order chi connectivity index (χ0) is 25.2. The number of imidazole rings is 1. The molecule has 2 aromatic rings. The Balaban J connectivity index is 1.37. The van der Waals surface area contributed by atoms with Gasteiger partial charge in [0.1, 0.15) is 6.04 Å². The Morgan fingerprint density at radius 3 is 2.23 bits per heavy atom. The van der Waals surface area contributed by atoms with Crippen molar-refractivity contribution in [2.75, 3.05) is 6.54 Å². The van der Waals surface area contributed by atoms with Crippen molar-refractivity contribution >= 4 is 28.9 Å². The molecule has 0 saturated carbocycles. The van der Waals surface area contributed by atoms with Crippen LogP contribution in [0.3, 0.4) is 0 Å². The predicted molar refractivity (Wildman–Crippen MR) is 135 cm³/mol. The topological polar surface area (TPSA) is 122 Å². The van der Waals surface area contributed by atoms with Gasteiger partial charge in [0.25, 0.3) is 0 Å². The van der Waals surface area contributed by atoms with E-state index >= 15 is 0 Å². The second kappa shape index (κ2) is 13.1. The lowest BCUT2D eigenvalue weighted by molar-refractivity contribution is -0.135. The van der Waals surface area contributed by atoms with Crippen LogP contribution in [0.2, 0.25) is 0 Å². The standard InChI is InChI=1S/C26H38N4O5/c1-29-22-18-19(12-10-8-6-4-2-3-5-7-9-11-17-27-25(33)34)13-14-20(22)30(26(29)35)21-15-16-23(31)28-24(21)32/h13-14,18,21,27H,2-12,15-17H2,1H3,(H,33,34)(H,28,31,32). The number of aromatic nitrogens is 2. The number of amides is 3. The number of carboxylic acid groups (broad SMARTS) is 1. The average molecular weight is 487 g/mol. The van der Waals surface area contributed by atoms with Gasteiger partial charge in [-0.05, 0) is 43.4 Å². The highest BCUT2D eigenvalue weighted by Gasteiger charge is 2.31. The highest BCUT2D eigenvalue weighted by atomic mass is 16.4. The van der Waals surface area contributed by atoms with Gasteiger partial charge in [-0.2, -0.15) is 0 Å². The average Bonchev–Trinajstić information content (AvgIpc) is 3.06. The number of rotatable bonds is 14.